The molecule has 2 aromatic rings. The van der Waals surface area contributed by atoms with Crippen molar-refractivity contribution in [3.05, 3.63) is 65.2 Å². The molecule has 0 bridgehead atoms. The van der Waals surface area contributed by atoms with Gasteiger partial charge in [0.2, 0.25) is 0 Å². The van der Waals surface area contributed by atoms with E-state index in [2.05, 4.69) is 81.5 Å². The Morgan fingerprint density at radius 1 is 0.950 bits per heavy atom. The van der Waals surface area contributed by atoms with Crippen molar-refractivity contribution >= 4 is 5.69 Å². The van der Waals surface area contributed by atoms with Crippen LogP contribution >= 0.6 is 0 Å². The molecule has 1 heteroatoms. The monoisotopic (exact) mass is 267 g/mol. The third kappa shape index (κ3) is 3.86. The molecule has 0 saturated carbocycles. The van der Waals surface area contributed by atoms with Crippen molar-refractivity contribution in [1.82, 2.24) is 0 Å². The number of hydrogen-bond donors (Lipinski definition) is 1. The average Bonchev–Trinajstić information content (AvgIpc) is 2.41. The summed E-state index contributed by atoms with van der Waals surface area (Å²) in [5.74, 6) is 0.665. The van der Waals surface area contributed by atoms with E-state index in [0.717, 1.165) is 6.42 Å². The molecule has 0 heterocycles. The van der Waals surface area contributed by atoms with Crippen LogP contribution in [0.2, 0.25) is 0 Å². The van der Waals surface area contributed by atoms with Gasteiger partial charge in [-0.1, -0.05) is 61.9 Å². The summed E-state index contributed by atoms with van der Waals surface area (Å²) in [6.07, 6.45) is 1.14. The number of nitrogens with one attached hydrogen (secondary N) is 1. The highest BCUT2D eigenvalue weighted by Gasteiger charge is 2.13. The summed E-state index contributed by atoms with van der Waals surface area (Å²) in [5.41, 5.74) is 5.23. The van der Waals surface area contributed by atoms with Crippen LogP contribution in [0.15, 0.2) is 48.5 Å². The van der Waals surface area contributed by atoms with Gasteiger partial charge >= 0.3 is 0 Å². The van der Waals surface area contributed by atoms with E-state index in [1.807, 2.05) is 0 Å². The lowest BCUT2D eigenvalue weighted by Crippen LogP contribution is -2.14. The Kier molecular flexibility index (Phi) is 4.84. The molecule has 0 aliphatic carbocycles. The van der Waals surface area contributed by atoms with Crippen molar-refractivity contribution < 1.29 is 0 Å². The summed E-state index contributed by atoms with van der Waals surface area (Å²) in [5, 5.41) is 3.72. The summed E-state index contributed by atoms with van der Waals surface area (Å²) in [4.78, 5) is 0. The van der Waals surface area contributed by atoms with Gasteiger partial charge in [-0.2, -0.15) is 0 Å². The molecule has 0 saturated heterocycles. The number of benzene rings is 2. The number of rotatable bonds is 5. The van der Waals surface area contributed by atoms with E-state index >= 15 is 0 Å². The fourth-order valence-electron chi connectivity index (χ4n) is 2.60. The lowest BCUT2D eigenvalue weighted by atomic mass is 9.96. The van der Waals surface area contributed by atoms with Gasteiger partial charge in [0.15, 0.2) is 0 Å². The van der Waals surface area contributed by atoms with Crippen LogP contribution in [0, 0.1) is 19.8 Å². The molecule has 0 radical (unpaired) electrons. The minimum absolute atomic E-state index is 0.373. The third-order valence-electron chi connectivity index (χ3n) is 3.62. The molecule has 1 N–H and O–H groups in total. The summed E-state index contributed by atoms with van der Waals surface area (Å²) >= 11 is 0. The molecule has 2 rings (SSSR count). The molecule has 1 unspecified atom stereocenters. The summed E-state index contributed by atoms with van der Waals surface area (Å²) in [7, 11) is 0. The first-order chi connectivity index (χ1) is 9.56. The molecule has 0 spiro atoms. The molecule has 20 heavy (non-hydrogen) atoms. The molecule has 106 valence electrons. The normalized spacial score (nSPS) is 12.4. The predicted octanol–water partition coefficient (Wildman–Crippen LogP) is 5.50. The minimum atomic E-state index is 0.373. The quantitative estimate of drug-likeness (QED) is 0.754. The SMILES string of the molecule is Cc1ccc(NC(CC(C)C)c2ccccc2)c(C)c1. The van der Waals surface area contributed by atoms with Crippen LogP contribution in [0.3, 0.4) is 0 Å². The summed E-state index contributed by atoms with van der Waals surface area (Å²) in [6, 6.07) is 17.7. The molecule has 0 fully saturated rings. The zero-order valence-corrected chi connectivity index (χ0v) is 13.0. The van der Waals surface area contributed by atoms with Crippen LogP contribution in [0.1, 0.15) is 43.0 Å². The maximum absolute atomic E-state index is 3.72. The highest BCUT2D eigenvalue weighted by atomic mass is 14.9. The molecule has 0 amide bonds. The van der Waals surface area contributed by atoms with Crippen molar-refractivity contribution in [3.63, 3.8) is 0 Å². The molecule has 1 atom stereocenters. The molecular weight excluding hydrogens is 242 g/mol. The Morgan fingerprint density at radius 2 is 1.65 bits per heavy atom. The topological polar surface area (TPSA) is 12.0 Å². The van der Waals surface area contributed by atoms with E-state index in [1.54, 1.807) is 0 Å². The Balaban J connectivity index is 2.24. The second-order valence-corrected chi connectivity index (χ2v) is 6.06. The van der Waals surface area contributed by atoms with E-state index in [-0.39, 0.29) is 0 Å². The Labute approximate surface area is 123 Å². The molecule has 1 nitrogen and oxygen atoms in total. The van der Waals surface area contributed by atoms with Crippen molar-refractivity contribution in [3.8, 4) is 0 Å². The van der Waals surface area contributed by atoms with Crippen LogP contribution in [-0.2, 0) is 0 Å². The molecule has 2 aromatic carbocycles. The van der Waals surface area contributed by atoms with Gasteiger partial charge < -0.3 is 5.32 Å². The molecule has 0 aromatic heterocycles. The highest BCUT2D eigenvalue weighted by Crippen LogP contribution is 2.27. The van der Waals surface area contributed by atoms with Crippen molar-refractivity contribution in [2.45, 2.75) is 40.2 Å². The number of anilines is 1. The first-order valence-electron chi connectivity index (χ1n) is 7.45. The van der Waals surface area contributed by atoms with E-state index in [0.29, 0.717) is 12.0 Å². The summed E-state index contributed by atoms with van der Waals surface area (Å²) < 4.78 is 0. The first kappa shape index (κ1) is 14.6. The maximum atomic E-state index is 3.72. The zero-order chi connectivity index (χ0) is 14.5. The van der Waals surface area contributed by atoms with Crippen LogP contribution in [0.4, 0.5) is 5.69 Å². The third-order valence-corrected chi connectivity index (χ3v) is 3.62. The second kappa shape index (κ2) is 6.60. The number of aryl methyl sites for hydroxylation is 2. The Hall–Kier alpha value is -1.76. The predicted molar refractivity (Wildman–Crippen MR) is 88.2 cm³/mol. The summed E-state index contributed by atoms with van der Waals surface area (Å²) in [6.45, 7) is 8.87. The fraction of sp³-hybridized carbons (Fsp3) is 0.368. The van der Waals surface area contributed by atoms with E-state index in [9.17, 15) is 0 Å². The molecule has 0 aliphatic heterocycles. The largest absolute Gasteiger partial charge is 0.378 e. The minimum Gasteiger partial charge on any atom is -0.378 e. The van der Waals surface area contributed by atoms with Crippen molar-refractivity contribution in [2.24, 2.45) is 5.92 Å². The van der Waals surface area contributed by atoms with Crippen molar-refractivity contribution in [1.29, 1.82) is 0 Å². The van der Waals surface area contributed by atoms with Gasteiger partial charge in [-0.15, -0.1) is 0 Å². The zero-order valence-electron chi connectivity index (χ0n) is 13.0. The van der Waals surface area contributed by atoms with Crippen LogP contribution in [-0.4, -0.2) is 0 Å². The lowest BCUT2D eigenvalue weighted by molar-refractivity contribution is 0.531. The Bertz CT molecular complexity index is 543. The highest BCUT2D eigenvalue weighted by molar-refractivity contribution is 5.53. The molecule has 0 aliphatic rings. The van der Waals surface area contributed by atoms with Crippen LogP contribution in [0.5, 0.6) is 0 Å². The van der Waals surface area contributed by atoms with Gasteiger partial charge in [-0.3, -0.25) is 0 Å². The maximum Gasteiger partial charge on any atom is 0.0516 e. The van der Waals surface area contributed by atoms with Gasteiger partial charge in [0, 0.05) is 5.69 Å². The van der Waals surface area contributed by atoms with E-state index < -0.39 is 0 Å². The lowest BCUT2D eigenvalue weighted by Gasteiger charge is -2.23. The first-order valence-corrected chi connectivity index (χ1v) is 7.45. The van der Waals surface area contributed by atoms with Crippen LogP contribution < -0.4 is 5.32 Å². The van der Waals surface area contributed by atoms with Gasteiger partial charge in [0.05, 0.1) is 6.04 Å². The standard InChI is InChI=1S/C19H25N/c1-14(2)12-19(17-8-6-5-7-9-17)20-18-11-10-15(3)13-16(18)4/h5-11,13-14,19-20H,12H2,1-4H3. The molecular formula is C19H25N. The van der Waals surface area contributed by atoms with Crippen LogP contribution in [0.25, 0.3) is 0 Å². The fourth-order valence-corrected chi connectivity index (χ4v) is 2.60. The van der Waals surface area contributed by atoms with E-state index in [1.165, 1.54) is 22.4 Å². The smallest absolute Gasteiger partial charge is 0.0516 e. The van der Waals surface area contributed by atoms with Gasteiger partial charge in [0.1, 0.15) is 0 Å². The van der Waals surface area contributed by atoms with Gasteiger partial charge in [0.25, 0.3) is 0 Å². The van der Waals surface area contributed by atoms with E-state index in [4.69, 9.17) is 0 Å². The van der Waals surface area contributed by atoms with Crippen molar-refractivity contribution in [2.75, 3.05) is 5.32 Å². The van der Waals surface area contributed by atoms with Gasteiger partial charge in [-0.25, -0.2) is 0 Å². The number of hydrogen-bond acceptors (Lipinski definition) is 1. The van der Waals surface area contributed by atoms with Gasteiger partial charge in [-0.05, 0) is 43.4 Å². The second-order valence-electron chi connectivity index (χ2n) is 6.06. The average molecular weight is 267 g/mol. The Morgan fingerprint density at radius 3 is 2.25 bits per heavy atom.